The lowest BCUT2D eigenvalue weighted by molar-refractivity contribution is -0.139. The number of hydrogen-bond acceptors (Lipinski definition) is 3. The van der Waals surface area contributed by atoms with Gasteiger partial charge in [-0.3, -0.25) is 4.79 Å². The fraction of sp³-hybridized carbons (Fsp3) is 0.706. The van der Waals surface area contributed by atoms with Gasteiger partial charge in [-0.2, -0.15) is 0 Å². The van der Waals surface area contributed by atoms with Crippen LogP contribution in [0.4, 0.5) is 0 Å². The maximum absolute atomic E-state index is 10.7. The minimum atomic E-state index is -0.678. The molecule has 1 N–H and O–H groups in total. The monoisotopic (exact) mass is 282 g/mol. The summed E-state index contributed by atoms with van der Waals surface area (Å²) in [5.41, 5.74) is 1.79. The molecular formula is C17H30O3. The molecule has 0 saturated heterocycles. The number of esters is 1. The summed E-state index contributed by atoms with van der Waals surface area (Å²) in [5, 5.41) is 10.2. The Labute approximate surface area is 123 Å². The van der Waals surface area contributed by atoms with E-state index in [1.54, 1.807) is 0 Å². The number of rotatable bonds is 8. The maximum Gasteiger partial charge on any atom is 0.302 e. The minimum absolute atomic E-state index is 0.231. The van der Waals surface area contributed by atoms with Crippen LogP contribution in [0, 0.1) is 5.92 Å². The number of ether oxygens (including phenoxy) is 1. The Kier molecular flexibility index (Phi) is 8.47. The van der Waals surface area contributed by atoms with Crippen LogP contribution in [0.15, 0.2) is 23.3 Å². The van der Waals surface area contributed by atoms with Crippen LogP contribution in [0.5, 0.6) is 0 Å². The fourth-order valence-corrected chi connectivity index (χ4v) is 1.94. The predicted molar refractivity (Wildman–Crippen MR) is 83.5 cm³/mol. The molecule has 0 amide bonds. The van der Waals surface area contributed by atoms with Crippen LogP contribution in [-0.4, -0.2) is 23.3 Å². The SMILES string of the molecule is CC(=O)OC/C=C(/C)CCC(CC=C(C)C)C(C)(C)O. The van der Waals surface area contributed by atoms with Crippen LogP contribution in [0.3, 0.4) is 0 Å². The zero-order valence-electron chi connectivity index (χ0n) is 13.8. The smallest absolute Gasteiger partial charge is 0.302 e. The standard InChI is InChI=1S/C17H30O3/c1-13(2)7-9-16(17(5,6)19)10-8-14(3)11-12-20-15(4)18/h7,11,16,19H,8-10,12H2,1-6H3/b14-11-. The van der Waals surface area contributed by atoms with Crippen LogP contribution in [0.1, 0.15) is 60.8 Å². The Morgan fingerprint density at radius 3 is 2.25 bits per heavy atom. The Morgan fingerprint density at radius 2 is 1.80 bits per heavy atom. The van der Waals surface area contributed by atoms with Crippen LogP contribution in [-0.2, 0) is 9.53 Å². The third-order valence-corrected chi connectivity index (χ3v) is 3.42. The molecule has 0 heterocycles. The van der Waals surface area contributed by atoms with E-state index in [1.165, 1.54) is 18.1 Å². The van der Waals surface area contributed by atoms with Crippen molar-refractivity contribution >= 4 is 5.97 Å². The summed E-state index contributed by atoms with van der Waals surface area (Å²) < 4.78 is 4.89. The summed E-state index contributed by atoms with van der Waals surface area (Å²) in [5.74, 6) is -0.0264. The van der Waals surface area contributed by atoms with Gasteiger partial charge in [-0.05, 0) is 65.9 Å². The van der Waals surface area contributed by atoms with E-state index in [0.717, 1.165) is 19.3 Å². The van der Waals surface area contributed by atoms with Gasteiger partial charge >= 0.3 is 5.97 Å². The second kappa shape index (κ2) is 8.96. The van der Waals surface area contributed by atoms with Crippen LogP contribution < -0.4 is 0 Å². The Balaban J connectivity index is 4.39. The third kappa shape index (κ3) is 9.79. The van der Waals surface area contributed by atoms with E-state index in [1.807, 2.05) is 26.8 Å². The minimum Gasteiger partial charge on any atom is -0.462 e. The van der Waals surface area contributed by atoms with Gasteiger partial charge in [0, 0.05) is 6.92 Å². The first-order valence-corrected chi connectivity index (χ1v) is 7.27. The third-order valence-electron chi connectivity index (χ3n) is 3.42. The molecule has 1 unspecified atom stereocenters. The molecule has 0 aromatic rings. The Hall–Kier alpha value is -1.09. The highest BCUT2D eigenvalue weighted by Gasteiger charge is 2.25. The maximum atomic E-state index is 10.7. The van der Waals surface area contributed by atoms with Gasteiger partial charge in [0.1, 0.15) is 6.61 Å². The molecule has 0 aromatic heterocycles. The lowest BCUT2D eigenvalue weighted by atomic mass is 9.83. The van der Waals surface area contributed by atoms with Crippen molar-refractivity contribution < 1.29 is 14.6 Å². The van der Waals surface area contributed by atoms with Crippen molar-refractivity contribution in [3.63, 3.8) is 0 Å². The molecule has 0 spiro atoms. The first-order valence-electron chi connectivity index (χ1n) is 7.27. The van der Waals surface area contributed by atoms with Gasteiger partial charge in [-0.15, -0.1) is 0 Å². The molecule has 0 saturated carbocycles. The van der Waals surface area contributed by atoms with E-state index in [-0.39, 0.29) is 11.9 Å². The first-order chi connectivity index (χ1) is 9.12. The molecule has 0 aliphatic heterocycles. The van der Waals surface area contributed by atoms with Crippen molar-refractivity contribution in [3.05, 3.63) is 23.3 Å². The van der Waals surface area contributed by atoms with Gasteiger partial charge in [-0.25, -0.2) is 0 Å². The quantitative estimate of drug-likeness (QED) is 0.540. The lowest BCUT2D eigenvalue weighted by Gasteiger charge is -2.29. The zero-order valence-corrected chi connectivity index (χ0v) is 13.8. The van der Waals surface area contributed by atoms with E-state index >= 15 is 0 Å². The topological polar surface area (TPSA) is 46.5 Å². The summed E-state index contributed by atoms with van der Waals surface area (Å²) in [6, 6.07) is 0. The van der Waals surface area contributed by atoms with Crippen molar-refractivity contribution in [1.29, 1.82) is 0 Å². The van der Waals surface area contributed by atoms with E-state index in [4.69, 9.17) is 4.74 Å². The molecule has 3 heteroatoms. The van der Waals surface area contributed by atoms with Crippen molar-refractivity contribution in [2.45, 2.75) is 66.4 Å². The highest BCUT2D eigenvalue weighted by Crippen LogP contribution is 2.27. The van der Waals surface area contributed by atoms with Crippen molar-refractivity contribution in [3.8, 4) is 0 Å². The number of hydrogen-bond donors (Lipinski definition) is 1. The van der Waals surface area contributed by atoms with Gasteiger partial charge in [0.2, 0.25) is 0 Å². The Morgan fingerprint density at radius 1 is 1.20 bits per heavy atom. The summed E-state index contributed by atoms with van der Waals surface area (Å²) in [6.45, 7) is 11.7. The second-order valence-electron chi connectivity index (χ2n) is 6.26. The molecule has 0 radical (unpaired) electrons. The highest BCUT2D eigenvalue weighted by atomic mass is 16.5. The molecule has 1 atom stereocenters. The summed E-state index contributed by atoms with van der Waals surface area (Å²) in [7, 11) is 0. The molecule has 0 aromatic carbocycles. The normalized spacial score (nSPS) is 13.8. The van der Waals surface area contributed by atoms with Crippen molar-refractivity contribution in [2.24, 2.45) is 5.92 Å². The molecule has 3 nitrogen and oxygen atoms in total. The molecule has 0 fully saturated rings. The second-order valence-corrected chi connectivity index (χ2v) is 6.26. The van der Waals surface area contributed by atoms with Gasteiger partial charge in [0.15, 0.2) is 0 Å². The summed E-state index contributed by atoms with van der Waals surface area (Å²) in [6.07, 6.45) is 6.84. The number of carbonyl (C=O) groups excluding carboxylic acids is 1. The van der Waals surface area contributed by atoms with Crippen molar-refractivity contribution in [1.82, 2.24) is 0 Å². The van der Waals surface area contributed by atoms with E-state index in [0.29, 0.717) is 6.61 Å². The highest BCUT2D eigenvalue weighted by molar-refractivity contribution is 5.66. The zero-order chi connectivity index (χ0) is 15.8. The molecule has 0 bridgehead atoms. The van der Waals surface area contributed by atoms with Gasteiger partial charge in [-0.1, -0.05) is 17.2 Å². The molecule has 0 aliphatic rings. The van der Waals surface area contributed by atoms with E-state index in [9.17, 15) is 9.90 Å². The largest absolute Gasteiger partial charge is 0.462 e. The average Bonchev–Trinajstić information content (AvgIpc) is 2.26. The van der Waals surface area contributed by atoms with Gasteiger partial charge in [0.05, 0.1) is 5.60 Å². The fourth-order valence-electron chi connectivity index (χ4n) is 1.94. The molecule has 116 valence electrons. The number of carbonyl (C=O) groups is 1. The van der Waals surface area contributed by atoms with E-state index in [2.05, 4.69) is 19.9 Å². The number of aliphatic hydroxyl groups is 1. The first kappa shape index (κ1) is 18.9. The Bertz CT molecular complexity index is 355. The lowest BCUT2D eigenvalue weighted by Crippen LogP contribution is -2.30. The van der Waals surface area contributed by atoms with Crippen LogP contribution in [0.25, 0.3) is 0 Å². The summed E-state index contributed by atoms with van der Waals surface area (Å²) in [4.78, 5) is 10.7. The summed E-state index contributed by atoms with van der Waals surface area (Å²) >= 11 is 0. The van der Waals surface area contributed by atoms with Crippen LogP contribution in [0.2, 0.25) is 0 Å². The van der Waals surface area contributed by atoms with Gasteiger partial charge < -0.3 is 9.84 Å². The van der Waals surface area contributed by atoms with E-state index < -0.39 is 5.60 Å². The number of allylic oxidation sites excluding steroid dienone is 3. The molecular weight excluding hydrogens is 252 g/mol. The molecule has 0 aliphatic carbocycles. The molecule has 0 rings (SSSR count). The molecule has 20 heavy (non-hydrogen) atoms. The average molecular weight is 282 g/mol. The van der Waals surface area contributed by atoms with Crippen molar-refractivity contribution in [2.75, 3.05) is 6.61 Å². The van der Waals surface area contributed by atoms with Gasteiger partial charge in [0.25, 0.3) is 0 Å². The predicted octanol–water partition coefficient (Wildman–Crippen LogP) is 4.02. The van der Waals surface area contributed by atoms with Crippen LogP contribution >= 0.6 is 0 Å².